The summed E-state index contributed by atoms with van der Waals surface area (Å²) in [7, 11) is 0. The van der Waals surface area contributed by atoms with Crippen LogP contribution in [0.5, 0.6) is 0 Å². The Hall–Kier alpha value is -0.840. The molecule has 0 aliphatic carbocycles. The lowest BCUT2D eigenvalue weighted by molar-refractivity contribution is -0.403. The van der Waals surface area contributed by atoms with Crippen molar-refractivity contribution >= 4 is 0 Å². The Morgan fingerprint density at radius 1 is 0.489 bits per heavy atom. The van der Waals surface area contributed by atoms with Gasteiger partial charge in [-0.3, -0.25) is 0 Å². The summed E-state index contributed by atoms with van der Waals surface area (Å²) in [5.74, 6) is -3.91. The van der Waals surface area contributed by atoms with E-state index in [9.17, 15) is 71.5 Å². The lowest BCUT2D eigenvalue weighted by atomic mass is 9.93. The summed E-state index contributed by atoms with van der Waals surface area (Å²) in [5.41, 5.74) is 0. The molecule has 21 nitrogen and oxygen atoms in total. The second-order valence-electron chi connectivity index (χ2n) is 11.3. The summed E-state index contributed by atoms with van der Waals surface area (Å²) in [5, 5.41) is 142. The first-order chi connectivity index (χ1) is 21.2. The molecule has 0 aromatic carbocycles. The van der Waals surface area contributed by atoms with Crippen molar-refractivity contribution in [3.8, 4) is 0 Å². The number of hydrogen-bond donors (Lipinski definition) is 14. The highest BCUT2D eigenvalue weighted by atomic mass is 16.8. The van der Waals surface area contributed by atoms with E-state index in [-0.39, 0.29) is 0 Å². The van der Waals surface area contributed by atoms with Gasteiger partial charge >= 0.3 is 0 Å². The third-order valence-electron chi connectivity index (χ3n) is 8.32. The van der Waals surface area contributed by atoms with Crippen molar-refractivity contribution in [1.82, 2.24) is 0 Å². The first-order valence-corrected chi connectivity index (χ1v) is 14.1. The maximum Gasteiger partial charge on any atom is 0.224 e. The zero-order valence-electron chi connectivity index (χ0n) is 23.5. The van der Waals surface area contributed by atoms with Crippen molar-refractivity contribution in [2.24, 2.45) is 5.92 Å². The van der Waals surface area contributed by atoms with E-state index in [0.717, 1.165) is 0 Å². The van der Waals surface area contributed by atoms with Gasteiger partial charge in [0.1, 0.15) is 86.0 Å². The molecule has 264 valence electrons. The molecule has 0 amide bonds. The van der Waals surface area contributed by atoms with Crippen LogP contribution in [0.2, 0.25) is 0 Å². The number of aliphatic hydroxyl groups excluding tert-OH is 14. The van der Waals surface area contributed by atoms with Crippen molar-refractivity contribution in [3.63, 3.8) is 0 Å². The molecule has 21 heteroatoms. The smallest absolute Gasteiger partial charge is 0.224 e. The lowest BCUT2D eigenvalue weighted by Crippen LogP contribution is -2.64. The summed E-state index contributed by atoms with van der Waals surface area (Å²) in [6.07, 6.45) is -30.5. The average Bonchev–Trinajstić information content (AvgIpc) is 3.26. The van der Waals surface area contributed by atoms with Gasteiger partial charge in [-0.05, 0) is 0 Å². The van der Waals surface area contributed by atoms with Crippen molar-refractivity contribution in [3.05, 3.63) is 0 Å². The van der Waals surface area contributed by atoms with Crippen LogP contribution in [0.25, 0.3) is 0 Å². The molecule has 0 radical (unpaired) electrons. The molecule has 0 spiro atoms. The van der Waals surface area contributed by atoms with Crippen LogP contribution in [0.15, 0.2) is 0 Å². The highest BCUT2D eigenvalue weighted by Crippen LogP contribution is 2.38. The summed E-state index contributed by atoms with van der Waals surface area (Å²) in [6, 6.07) is 0. The van der Waals surface area contributed by atoms with E-state index in [0.29, 0.717) is 0 Å². The fraction of sp³-hybridized carbons (Fsp3) is 1.00. The van der Waals surface area contributed by atoms with Gasteiger partial charge in [0.15, 0.2) is 25.2 Å². The predicted molar refractivity (Wildman–Crippen MR) is 134 cm³/mol. The molecule has 0 saturated carbocycles. The molecule has 4 aliphatic heterocycles. The molecule has 4 fully saturated rings. The average molecular weight is 667 g/mol. The summed E-state index contributed by atoms with van der Waals surface area (Å²) in [4.78, 5) is 0. The van der Waals surface area contributed by atoms with Gasteiger partial charge < -0.3 is 105 Å². The number of aliphatic hydroxyl groups is 14. The summed E-state index contributed by atoms with van der Waals surface area (Å²) in [6.45, 7) is -4.16. The highest BCUT2D eigenvalue weighted by Gasteiger charge is 2.60. The largest absolute Gasteiger partial charge is 0.396 e. The van der Waals surface area contributed by atoms with Crippen molar-refractivity contribution in [2.45, 2.75) is 110 Å². The minimum Gasteiger partial charge on any atom is -0.396 e. The van der Waals surface area contributed by atoms with Gasteiger partial charge in [-0.25, -0.2) is 0 Å². The number of rotatable bonds is 11. The Morgan fingerprint density at radius 3 is 1.62 bits per heavy atom. The predicted octanol–water partition coefficient (Wildman–Crippen LogP) is -9.54. The molecule has 19 atom stereocenters. The van der Waals surface area contributed by atoms with Gasteiger partial charge in [-0.2, -0.15) is 0 Å². The molecule has 4 aliphatic rings. The van der Waals surface area contributed by atoms with Crippen molar-refractivity contribution < 1.29 is 105 Å². The topological polar surface area (TPSA) is 348 Å². The summed E-state index contributed by atoms with van der Waals surface area (Å²) < 4.78 is 37.8. The Labute approximate surface area is 254 Å². The minimum atomic E-state index is -2.57. The Bertz CT molecular complexity index is 931. The van der Waals surface area contributed by atoms with Gasteiger partial charge in [-0.15, -0.1) is 0 Å². The maximum atomic E-state index is 10.9. The third-order valence-corrected chi connectivity index (χ3v) is 8.32. The molecule has 0 aromatic heterocycles. The minimum absolute atomic E-state index is 0.729. The van der Waals surface area contributed by atoms with Crippen LogP contribution in [0, 0.1) is 5.92 Å². The SMILES string of the molecule is OCC1OC(OCC2OC(OC3(COC4OC(O)C(O)C(CO)C4O)OC(CO)C(O)C3O)C(O)C(O)C2O)C(O)C(O)C1O. The van der Waals surface area contributed by atoms with Gasteiger partial charge in [-0.1, -0.05) is 0 Å². The second-order valence-corrected chi connectivity index (χ2v) is 11.3. The zero-order chi connectivity index (χ0) is 33.4. The van der Waals surface area contributed by atoms with Crippen LogP contribution in [0.1, 0.15) is 0 Å². The first kappa shape index (κ1) is 37.0. The molecule has 45 heavy (non-hydrogen) atoms. The molecule has 4 saturated heterocycles. The Balaban J connectivity index is 1.50. The molecular weight excluding hydrogens is 624 g/mol. The molecule has 19 unspecified atom stereocenters. The van der Waals surface area contributed by atoms with E-state index in [1.165, 1.54) is 0 Å². The fourth-order valence-corrected chi connectivity index (χ4v) is 5.46. The van der Waals surface area contributed by atoms with Gasteiger partial charge in [0, 0.05) is 5.92 Å². The molecule has 0 bridgehead atoms. The third kappa shape index (κ3) is 7.29. The standard InChI is InChI=1S/C24H42O21/c25-1-6-10(28)20(38)43-21(11(6)29)40-5-24(19(37)14(32)8(3-27)44-24)45-23-18(36)16(34)13(31)9(42-23)4-39-22-17(35)15(33)12(30)7(2-26)41-22/h6-23,25-38H,1-5H2. The van der Waals surface area contributed by atoms with Crippen molar-refractivity contribution in [1.29, 1.82) is 0 Å². The van der Waals surface area contributed by atoms with Gasteiger partial charge in [0.25, 0.3) is 0 Å². The van der Waals surface area contributed by atoms with Crippen LogP contribution in [-0.2, 0) is 33.2 Å². The van der Waals surface area contributed by atoms with E-state index in [1.54, 1.807) is 0 Å². The van der Waals surface area contributed by atoms with E-state index in [1.807, 2.05) is 0 Å². The monoisotopic (exact) mass is 666 g/mol. The maximum absolute atomic E-state index is 10.9. The Kier molecular flexibility index (Phi) is 12.5. The van der Waals surface area contributed by atoms with E-state index in [2.05, 4.69) is 0 Å². The number of hydrogen-bond acceptors (Lipinski definition) is 21. The molecular formula is C24H42O21. The van der Waals surface area contributed by atoms with E-state index >= 15 is 0 Å². The highest BCUT2D eigenvalue weighted by molar-refractivity contribution is 4.99. The van der Waals surface area contributed by atoms with Gasteiger partial charge in [0.2, 0.25) is 5.79 Å². The molecule has 14 N–H and O–H groups in total. The van der Waals surface area contributed by atoms with Crippen molar-refractivity contribution in [2.75, 3.05) is 33.0 Å². The molecule has 4 rings (SSSR count). The molecule has 4 heterocycles. The zero-order valence-corrected chi connectivity index (χ0v) is 23.5. The van der Waals surface area contributed by atoms with Crippen LogP contribution in [0.4, 0.5) is 0 Å². The lowest BCUT2D eigenvalue weighted by Gasteiger charge is -2.45. The van der Waals surface area contributed by atoms with Crippen LogP contribution in [0.3, 0.4) is 0 Å². The second kappa shape index (κ2) is 15.1. The van der Waals surface area contributed by atoms with E-state index in [4.69, 9.17) is 33.2 Å². The van der Waals surface area contributed by atoms with E-state index < -0.39 is 149 Å². The molecule has 0 aromatic rings. The van der Waals surface area contributed by atoms with Gasteiger partial charge in [0.05, 0.1) is 26.4 Å². The fourth-order valence-electron chi connectivity index (χ4n) is 5.46. The number of ether oxygens (including phenoxy) is 7. The first-order valence-electron chi connectivity index (χ1n) is 14.1. The quantitative estimate of drug-likeness (QED) is 0.0973. The summed E-state index contributed by atoms with van der Waals surface area (Å²) >= 11 is 0. The normalized spacial score (nSPS) is 52.7. The van der Waals surface area contributed by atoms with Crippen LogP contribution in [-0.4, -0.2) is 215 Å². The van der Waals surface area contributed by atoms with Crippen LogP contribution >= 0.6 is 0 Å². The Morgan fingerprint density at radius 2 is 1.04 bits per heavy atom. The van der Waals surface area contributed by atoms with Crippen LogP contribution < -0.4 is 0 Å².